The third-order valence-corrected chi connectivity index (χ3v) is 7.01. The van der Waals surface area contributed by atoms with Gasteiger partial charge in [0.05, 0.1) is 11.4 Å². The van der Waals surface area contributed by atoms with Crippen molar-refractivity contribution in [3.63, 3.8) is 0 Å². The molecular weight excluding hydrogens is 338 g/mol. The number of nitrogens with zero attached hydrogens (tertiary/aromatic N) is 1. The van der Waals surface area contributed by atoms with Crippen molar-refractivity contribution in [2.75, 3.05) is 4.90 Å². The lowest BCUT2D eigenvalue weighted by Gasteiger charge is -2.37. The second-order valence-corrected chi connectivity index (χ2v) is 8.85. The fourth-order valence-corrected chi connectivity index (χ4v) is 5.93. The molecule has 1 fully saturated rings. The monoisotopic (exact) mass is 367 g/mol. The summed E-state index contributed by atoms with van der Waals surface area (Å²) < 4.78 is 0. The molecule has 1 spiro atoms. The molecule has 3 aromatic rings. The van der Waals surface area contributed by atoms with Gasteiger partial charge in [-0.15, -0.1) is 0 Å². The lowest BCUT2D eigenvalue weighted by Crippen LogP contribution is -2.31. The molecule has 1 aliphatic carbocycles. The number of hydrogen-bond acceptors (Lipinski definition) is 1. The van der Waals surface area contributed by atoms with E-state index in [9.17, 15) is 0 Å². The molecule has 2 aliphatic rings. The van der Waals surface area contributed by atoms with Crippen molar-refractivity contribution in [2.24, 2.45) is 0 Å². The predicted octanol–water partition coefficient (Wildman–Crippen LogP) is 7.63. The van der Waals surface area contributed by atoms with Crippen LogP contribution in [-0.2, 0) is 5.41 Å². The van der Waals surface area contributed by atoms with E-state index in [1.54, 1.807) is 0 Å². The van der Waals surface area contributed by atoms with Crippen LogP contribution < -0.4 is 4.90 Å². The summed E-state index contributed by atoms with van der Waals surface area (Å²) in [7, 11) is 0. The molecule has 1 aliphatic heterocycles. The summed E-state index contributed by atoms with van der Waals surface area (Å²) in [6.07, 6.45) is 6.36. The van der Waals surface area contributed by atoms with Gasteiger partial charge in [0.1, 0.15) is 0 Å². The molecule has 1 heterocycles. The number of anilines is 2. The average Bonchev–Trinajstić information content (AvgIpc) is 2.91. The van der Waals surface area contributed by atoms with Crippen LogP contribution in [0.3, 0.4) is 0 Å². The molecule has 1 saturated carbocycles. The summed E-state index contributed by atoms with van der Waals surface area (Å²) >= 11 is 0. The van der Waals surface area contributed by atoms with E-state index in [0.717, 1.165) is 0 Å². The van der Waals surface area contributed by atoms with E-state index in [1.165, 1.54) is 82.2 Å². The van der Waals surface area contributed by atoms with Gasteiger partial charge in [-0.3, -0.25) is 0 Å². The Morgan fingerprint density at radius 3 is 2.25 bits per heavy atom. The lowest BCUT2D eigenvalue weighted by molar-refractivity contribution is 0.350. The van der Waals surface area contributed by atoms with Gasteiger partial charge in [0, 0.05) is 11.1 Å². The van der Waals surface area contributed by atoms with Crippen LogP contribution in [0.4, 0.5) is 11.4 Å². The SMILES string of the molecule is C=C1N(c2c(C)cc(C)cc2C)c2ccc3ccccc3c2C12CCCCC2. The zero-order valence-electron chi connectivity index (χ0n) is 17.3. The van der Waals surface area contributed by atoms with Crippen LogP contribution in [0, 0.1) is 20.8 Å². The van der Waals surface area contributed by atoms with Crippen molar-refractivity contribution in [3.05, 3.63) is 83.1 Å². The van der Waals surface area contributed by atoms with Crippen LogP contribution in [0.15, 0.2) is 60.8 Å². The van der Waals surface area contributed by atoms with Crippen molar-refractivity contribution in [2.45, 2.75) is 58.3 Å². The van der Waals surface area contributed by atoms with Gasteiger partial charge in [0.25, 0.3) is 0 Å². The Morgan fingerprint density at radius 2 is 1.54 bits per heavy atom. The Kier molecular flexibility index (Phi) is 3.91. The smallest absolute Gasteiger partial charge is 0.0517 e. The van der Waals surface area contributed by atoms with Gasteiger partial charge in [0.15, 0.2) is 0 Å². The number of hydrogen-bond donors (Lipinski definition) is 0. The Labute approximate surface area is 168 Å². The zero-order chi connectivity index (χ0) is 19.5. The molecule has 0 saturated heterocycles. The summed E-state index contributed by atoms with van der Waals surface area (Å²) in [4.78, 5) is 2.50. The van der Waals surface area contributed by atoms with Gasteiger partial charge in [-0.1, -0.05) is 73.9 Å². The highest BCUT2D eigenvalue weighted by Crippen LogP contribution is 2.59. The maximum absolute atomic E-state index is 4.74. The van der Waals surface area contributed by atoms with Crippen molar-refractivity contribution in [1.29, 1.82) is 0 Å². The van der Waals surface area contributed by atoms with E-state index < -0.39 is 0 Å². The molecule has 1 nitrogen and oxygen atoms in total. The second-order valence-electron chi connectivity index (χ2n) is 8.85. The summed E-state index contributed by atoms with van der Waals surface area (Å²) in [6.45, 7) is 11.4. The summed E-state index contributed by atoms with van der Waals surface area (Å²) in [6, 6.07) is 18.1. The molecule has 142 valence electrons. The minimum absolute atomic E-state index is 0.0816. The molecule has 0 N–H and O–H groups in total. The van der Waals surface area contributed by atoms with Gasteiger partial charge in [-0.25, -0.2) is 0 Å². The highest BCUT2D eigenvalue weighted by atomic mass is 15.2. The van der Waals surface area contributed by atoms with Gasteiger partial charge < -0.3 is 4.90 Å². The zero-order valence-corrected chi connectivity index (χ0v) is 17.3. The normalized spacial score (nSPS) is 18.1. The highest BCUT2D eigenvalue weighted by Gasteiger charge is 2.48. The molecule has 0 bridgehead atoms. The topological polar surface area (TPSA) is 3.24 Å². The minimum atomic E-state index is 0.0816. The average molecular weight is 368 g/mol. The molecule has 3 aromatic carbocycles. The minimum Gasteiger partial charge on any atom is -0.313 e. The first-order valence-corrected chi connectivity index (χ1v) is 10.6. The van der Waals surface area contributed by atoms with Gasteiger partial charge in [-0.2, -0.15) is 0 Å². The largest absolute Gasteiger partial charge is 0.313 e. The van der Waals surface area contributed by atoms with Crippen LogP contribution in [-0.4, -0.2) is 0 Å². The molecule has 0 unspecified atom stereocenters. The Morgan fingerprint density at radius 1 is 0.857 bits per heavy atom. The summed E-state index contributed by atoms with van der Waals surface area (Å²) in [5.74, 6) is 0. The maximum atomic E-state index is 4.74. The van der Waals surface area contributed by atoms with Gasteiger partial charge in [0.2, 0.25) is 0 Å². The van der Waals surface area contributed by atoms with E-state index in [4.69, 9.17) is 6.58 Å². The molecule has 0 amide bonds. The van der Waals surface area contributed by atoms with Crippen LogP contribution in [0.1, 0.15) is 54.4 Å². The molecular formula is C27H29N. The van der Waals surface area contributed by atoms with Crippen LogP contribution in [0.5, 0.6) is 0 Å². The van der Waals surface area contributed by atoms with E-state index in [0.29, 0.717) is 0 Å². The van der Waals surface area contributed by atoms with E-state index >= 15 is 0 Å². The number of allylic oxidation sites excluding steroid dienone is 1. The molecule has 0 aromatic heterocycles. The van der Waals surface area contributed by atoms with Gasteiger partial charge >= 0.3 is 0 Å². The number of rotatable bonds is 1. The predicted molar refractivity (Wildman–Crippen MR) is 121 cm³/mol. The Balaban J connectivity index is 1.84. The van der Waals surface area contributed by atoms with E-state index in [1.807, 2.05) is 0 Å². The standard InChI is InChI=1S/C27H29N/c1-18-16-19(2)26(20(3)17-18)28-21(4)27(14-8-5-9-15-27)25-23-11-7-6-10-22(23)12-13-24(25)28/h6-7,10-13,16-17H,4-5,8-9,14-15H2,1-3H3. The van der Waals surface area contributed by atoms with Crippen molar-refractivity contribution in [1.82, 2.24) is 0 Å². The number of aryl methyl sites for hydroxylation is 3. The van der Waals surface area contributed by atoms with E-state index in [-0.39, 0.29) is 5.41 Å². The third kappa shape index (κ3) is 2.32. The lowest BCUT2D eigenvalue weighted by atomic mass is 9.68. The highest BCUT2D eigenvalue weighted by molar-refractivity contribution is 5.97. The molecule has 1 heteroatoms. The Bertz CT molecular complexity index is 1080. The maximum Gasteiger partial charge on any atom is 0.0517 e. The fraction of sp³-hybridized carbons (Fsp3) is 0.333. The molecule has 0 radical (unpaired) electrons. The van der Waals surface area contributed by atoms with Crippen LogP contribution in [0.25, 0.3) is 10.8 Å². The first kappa shape index (κ1) is 17.6. The summed E-state index contributed by atoms with van der Waals surface area (Å²) in [5.41, 5.74) is 9.57. The van der Waals surface area contributed by atoms with Crippen molar-refractivity contribution < 1.29 is 0 Å². The molecule has 0 atom stereocenters. The number of benzene rings is 3. The van der Waals surface area contributed by atoms with E-state index in [2.05, 4.69) is 74.2 Å². The first-order valence-electron chi connectivity index (χ1n) is 10.6. The fourth-order valence-electron chi connectivity index (χ4n) is 5.93. The first-order chi connectivity index (χ1) is 13.5. The van der Waals surface area contributed by atoms with Crippen LogP contribution >= 0.6 is 0 Å². The number of fused-ring (bicyclic) bond motifs is 4. The van der Waals surface area contributed by atoms with Gasteiger partial charge in [-0.05, 0) is 67.1 Å². The summed E-state index contributed by atoms with van der Waals surface area (Å²) in [5, 5.41) is 2.76. The Hall–Kier alpha value is -2.54. The molecule has 28 heavy (non-hydrogen) atoms. The van der Waals surface area contributed by atoms with Crippen LogP contribution in [0.2, 0.25) is 0 Å². The second kappa shape index (κ2) is 6.24. The third-order valence-electron chi connectivity index (χ3n) is 7.01. The van der Waals surface area contributed by atoms with Crippen molar-refractivity contribution >= 4 is 22.1 Å². The van der Waals surface area contributed by atoms with Crippen molar-refractivity contribution in [3.8, 4) is 0 Å². The molecule has 5 rings (SSSR count). The quantitative estimate of drug-likeness (QED) is 0.427.